The molecule has 2 aliphatic carbocycles. The predicted octanol–water partition coefficient (Wildman–Crippen LogP) is 3.86. The Morgan fingerprint density at radius 1 is 1.45 bits per heavy atom. The lowest BCUT2D eigenvalue weighted by Gasteiger charge is -2.08. The summed E-state index contributed by atoms with van der Waals surface area (Å²) in [5.74, 6) is 1.85. The van der Waals surface area contributed by atoms with Crippen LogP contribution in [0.2, 0.25) is 0 Å². The highest BCUT2D eigenvalue weighted by Crippen LogP contribution is 2.45. The van der Waals surface area contributed by atoms with E-state index in [9.17, 15) is 0 Å². The van der Waals surface area contributed by atoms with Gasteiger partial charge in [-0.15, -0.1) is 0 Å². The fourth-order valence-corrected chi connectivity index (χ4v) is 3.59. The molecule has 4 nitrogen and oxygen atoms in total. The molecule has 0 spiro atoms. The van der Waals surface area contributed by atoms with Crippen LogP contribution < -0.4 is 0 Å². The molecule has 0 radical (unpaired) electrons. The number of halogens is 1. The lowest BCUT2D eigenvalue weighted by atomic mass is 10.1. The highest BCUT2D eigenvalue weighted by molar-refractivity contribution is 9.10. The van der Waals surface area contributed by atoms with Crippen molar-refractivity contribution in [3.8, 4) is 0 Å². The molecule has 0 N–H and O–H groups in total. The lowest BCUT2D eigenvalue weighted by Crippen LogP contribution is -2.03. The Morgan fingerprint density at radius 3 is 2.95 bits per heavy atom. The van der Waals surface area contributed by atoms with E-state index in [0.29, 0.717) is 18.4 Å². The summed E-state index contributed by atoms with van der Waals surface area (Å²) in [7, 11) is 0. The molecule has 2 aliphatic rings. The van der Waals surface area contributed by atoms with Crippen molar-refractivity contribution >= 4 is 27.3 Å². The monoisotopic (exact) mass is 333 g/mol. The van der Waals surface area contributed by atoms with Crippen molar-refractivity contribution in [2.45, 2.75) is 38.5 Å². The van der Waals surface area contributed by atoms with Gasteiger partial charge in [-0.05, 0) is 41.8 Å². The summed E-state index contributed by atoms with van der Waals surface area (Å²) in [4.78, 5) is 4.58. The number of hydrogen-bond acceptors (Lipinski definition) is 3. The van der Waals surface area contributed by atoms with Gasteiger partial charge in [-0.2, -0.15) is 5.10 Å². The van der Waals surface area contributed by atoms with Crippen LogP contribution in [0.3, 0.4) is 0 Å². The van der Waals surface area contributed by atoms with Crippen LogP contribution in [0.5, 0.6) is 0 Å². The molecule has 1 saturated carbocycles. The summed E-state index contributed by atoms with van der Waals surface area (Å²) < 4.78 is 8.77. The zero-order valence-electron chi connectivity index (χ0n) is 11.6. The Bertz CT molecular complexity index is 730. The number of ether oxygens (including phenoxy) is 1. The van der Waals surface area contributed by atoms with Crippen molar-refractivity contribution in [3.05, 3.63) is 33.7 Å². The fourth-order valence-electron chi connectivity index (χ4n) is 2.91. The van der Waals surface area contributed by atoms with E-state index in [4.69, 9.17) is 9.84 Å². The molecule has 2 aromatic rings. The van der Waals surface area contributed by atoms with Crippen molar-refractivity contribution < 1.29 is 4.74 Å². The number of rotatable bonds is 3. The van der Waals surface area contributed by atoms with Gasteiger partial charge < -0.3 is 4.74 Å². The van der Waals surface area contributed by atoms with Crippen molar-refractivity contribution in [3.63, 3.8) is 0 Å². The van der Waals surface area contributed by atoms with E-state index in [0.717, 1.165) is 27.1 Å². The van der Waals surface area contributed by atoms with Crippen LogP contribution in [0.15, 0.2) is 16.7 Å². The van der Waals surface area contributed by atoms with E-state index in [1.807, 2.05) is 17.6 Å². The van der Waals surface area contributed by atoms with Crippen molar-refractivity contribution in [1.82, 2.24) is 14.6 Å². The van der Waals surface area contributed by atoms with Crippen molar-refractivity contribution in [2.24, 2.45) is 0 Å². The van der Waals surface area contributed by atoms with Crippen LogP contribution >= 0.6 is 15.9 Å². The van der Waals surface area contributed by atoms with E-state index in [-0.39, 0.29) is 0 Å². The second-order valence-electron chi connectivity index (χ2n) is 5.52. The molecule has 4 rings (SSSR count). The SMILES string of the molecule is CCOC1=CC(C)c2c1cnc1c(Br)c(C3CC3)nn21. The Morgan fingerprint density at radius 2 is 2.25 bits per heavy atom. The van der Waals surface area contributed by atoms with Crippen LogP contribution in [0.1, 0.15) is 55.5 Å². The largest absolute Gasteiger partial charge is 0.493 e. The molecule has 0 bridgehead atoms. The Balaban J connectivity index is 1.93. The first-order valence-corrected chi connectivity index (χ1v) is 7.92. The lowest BCUT2D eigenvalue weighted by molar-refractivity contribution is 0.298. The minimum Gasteiger partial charge on any atom is -0.493 e. The van der Waals surface area contributed by atoms with E-state index < -0.39 is 0 Å². The third-order valence-electron chi connectivity index (χ3n) is 4.01. The average Bonchev–Trinajstić information content (AvgIpc) is 3.15. The summed E-state index contributed by atoms with van der Waals surface area (Å²) in [5, 5.41) is 4.81. The number of allylic oxidation sites excluding steroid dienone is 1. The first-order valence-electron chi connectivity index (χ1n) is 7.12. The van der Waals surface area contributed by atoms with Crippen molar-refractivity contribution in [1.29, 1.82) is 0 Å². The van der Waals surface area contributed by atoms with E-state index in [1.165, 1.54) is 18.5 Å². The quantitative estimate of drug-likeness (QED) is 0.856. The van der Waals surface area contributed by atoms with Crippen LogP contribution in [0, 0.1) is 0 Å². The van der Waals surface area contributed by atoms with Gasteiger partial charge in [0.1, 0.15) is 5.76 Å². The zero-order chi connectivity index (χ0) is 13.9. The second kappa shape index (κ2) is 4.32. The van der Waals surface area contributed by atoms with E-state index in [1.54, 1.807) is 0 Å². The van der Waals surface area contributed by atoms with Gasteiger partial charge in [0, 0.05) is 18.0 Å². The molecule has 0 aliphatic heterocycles. The minimum absolute atomic E-state index is 0.302. The standard InChI is InChI=1S/C15H16BrN3O/c1-3-20-11-6-8(2)14-10(11)7-17-15-12(16)13(9-4-5-9)18-19(14)15/h6-9H,3-5H2,1-2H3. The molecule has 20 heavy (non-hydrogen) atoms. The number of nitrogens with zero attached hydrogens (tertiary/aromatic N) is 3. The normalized spacial score (nSPS) is 21.1. The summed E-state index contributed by atoms with van der Waals surface area (Å²) in [6.07, 6.45) is 6.55. The Kier molecular flexibility index (Phi) is 2.67. The maximum Gasteiger partial charge on any atom is 0.169 e. The molecule has 104 valence electrons. The molecule has 5 heteroatoms. The van der Waals surface area contributed by atoms with Crippen LogP contribution in [0.4, 0.5) is 0 Å². The molecule has 0 aromatic carbocycles. The molecule has 0 saturated heterocycles. The number of fused-ring (bicyclic) bond motifs is 3. The van der Waals surface area contributed by atoms with Gasteiger partial charge in [0.15, 0.2) is 5.65 Å². The summed E-state index contributed by atoms with van der Waals surface area (Å²) in [6.45, 7) is 4.86. The van der Waals surface area contributed by atoms with Gasteiger partial charge in [0.25, 0.3) is 0 Å². The Hall–Kier alpha value is -1.36. The van der Waals surface area contributed by atoms with Crippen molar-refractivity contribution in [2.75, 3.05) is 6.61 Å². The number of hydrogen-bond donors (Lipinski definition) is 0. The van der Waals surface area contributed by atoms with Gasteiger partial charge in [-0.25, -0.2) is 9.50 Å². The van der Waals surface area contributed by atoms with E-state index >= 15 is 0 Å². The Labute approximate surface area is 126 Å². The first kappa shape index (κ1) is 12.4. The van der Waals surface area contributed by atoms with Crippen LogP contribution in [0.25, 0.3) is 11.4 Å². The van der Waals surface area contributed by atoms with Gasteiger partial charge in [0.2, 0.25) is 0 Å². The highest BCUT2D eigenvalue weighted by Gasteiger charge is 2.32. The van der Waals surface area contributed by atoms with Gasteiger partial charge in [0.05, 0.1) is 28.0 Å². The number of aromatic nitrogens is 3. The van der Waals surface area contributed by atoms with E-state index in [2.05, 4.69) is 33.9 Å². The van der Waals surface area contributed by atoms with Crippen LogP contribution in [-0.4, -0.2) is 21.2 Å². The summed E-state index contributed by atoms with van der Waals surface area (Å²) >= 11 is 3.67. The topological polar surface area (TPSA) is 39.4 Å². The van der Waals surface area contributed by atoms with Crippen LogP contribution in [-0.2, 0) is 4.74 Å². The van der Waals surface area contributed by atoms with Gasteiger partial charge in [-0.3, -0.25) is 0 Å². The third-order valence-corrected chi connectivity index (χ3v) is 4.77. The van der Waals surface area contributed by atoms with Gasteiger partial charge in [-0.1, -0.05) is 6.92 Å². The maximum absolute atomic E-state index is 5.71. The minimum atomic E-state index is 0.302. The molecule has 0 amide bonds. The third kappa shape index (κ3) is 1.65. The molecule has 2 aromatic heterocycles. The predicted molar refractivity (Wildman–Crippen MR) is 80.7 cm³/mol. The maximum atomic E-state index is 5.71. The molecule has 2 heterocycles. The molecular weight excluding hydrogens is 318 g/mol. The second-order valence-corrected chi connectivity index (χ2v) is 6.31. The molecular formula is C15H16BrN3O. The van der Waals surface area contributed by atoms with Gasteiger partial charge >= 0.3 is 0 Å². The molecule has 1 unspecified atom stereocenters. The molecule has 1 fully saturated rings. The summed E-state index contributed by atoms with van der Waals surface area (Å²) in [5.41, 5.74) is 4.34. The summed E-state index contributed by atoms with van der Waals surface area (Å²) in [6, 6.07) is 0. The zero-order valence-corrected chi connectivity index (χ0v) is 13.1. The highest BCUT2D eigenvalue weighted by atomic mass is 79.9. The molecule has 1 atom stereocenters. The first-order chi connectivity index (χ1) is 9.70. The smallest absolute Gasteiger partial charge is 0.169 e. The average molecular weight is 334 g/mol. The fraction of sp³-hybridized carbons (Fsp3) is 0.467.